The zero-order valence-corrected chi connectivity index (χ0v) is 15.6. The van der Waals surface area contributed by atoms with Crippen LogP contribution in [0, 0.1) is 13.8 Å². The molecule has 0 fully saturated rings. The molecular weight excluding hydrogens is 396 g/mol. The van der Waals surface area contributed by atoms with Crippen molar-refractivity contribution in [1.82, 2.24) is 10.3 Å². The molecule has 128 valence electrons. The van der Waals surface area contributed by atoms with Crippen molar-refractivity contribution in [3.05, 3.63) is 58.1 Å². The molecule has 8 heteroatoms. The van der Waals surface area contributed by atoms with Crippen molar-refractivity contribution in [2.75, 3.05) is 6.61 Å². The van der Waals surface area contributed by atoms with E-state index in [4.69, 9.17) is 4.74 Å². The van der Waals surface area contributed by atoms with Crippen molar-refractivity contribution in [1.29, 1.82) is 0 Å². The lowest BCUT2D eigenvalue weighted by atomic mass is 10.1. The summed E-state index contributed by atoms with van der Waals surface area (Å²) in [4.78, 5) is 13.8. The molecule has 0 spiro atoms. The van der Waals surface area contributed by atoms with Gasteiger partial charge >= 0.3 is 0 Å². The molecule has 0 aromatic heterocycles. The fourth-order valence-corrected chi connectivity index (χ4v) is 2.99. The standard InChI is InChI=1S/C16H17BrN2O4S/c1-11-3-8-15(9-12(11)2)24(21,22)19-18-16(20)10-23-14-6-4-13(17)5-7-14/h3-9,19H,10H2,1-2H3,(H,18,20). The number of rotatable bonds is 6. The molecule has 2 aromatic carbocycles. The van der Waals surface area contributed by atoms with Gasteiger partial charge in [0.2, 0.25) is 0 Å². The van der Waals surface area contributed by atoms with Gasteiger partial charge in [0.05, 0.1) is 4.90 Å². The highest BCUT2D eigenvalue weighted by atomic mass is 79.9. The maximum atomic E-state index is 12.1. The van der Waals surface area contributed by atoms with Gasteiger partial charge in [-0.15, -0.1) is 4.83 Å². The van der Waals surface area contributed by atoms with E-state index in [1.54, 1.807) is 36.4 Å². The van der Waals surface area contributed by atoms with Gasteiger partial charge in [0.15, 0.2) is 6.61 Å². The Morgan fingerprint density at radius 1 is 1.08 bits per heavy atom. The molecule has 0 saturated carbocycles. The van der Waals surface area contributed by atoms with E-state index in [0.717, 1.165) is 15.6 Å². The molecule has 0 aliphatic carbocycles. The van der Waals surface area contributed by atoms with Gasteiger partial charge in [0, 0.05) is 4.47 Å². The third-order valence-electron chi connectivity index (χ3n) is 3.30. The number of hydrogen-bond acceptors (Lipinski definition) is 4. The normalized spacial score (nSPS) is 11.1. The van der Waals surface area contributed by atoms with Crippen LogP contribution in [0.3, 0.4) is 0 Å². The van der Waals surface area contributed by atoms with Gasteiger partial charge in [0.25, 0.3) is 15.9 Å². The molecule has 0 atom stereocenters. The van der Waals surface area contributed by atoms with E-state index in [-0.39, 0.29) is 11.5 Å². The zero-order valence-electron chi connectivity index (χ0n) is 13.2. The van der Waals surface area contributed by atoms with Crippen LogP contribution in [-0.2, 0) is 14.8 Å². The van der Waals surface area contributed by atoms with Crippen LogP contribution in [-0.4, -0.2) is 20.9 Å². The molecule has 0 aliphatic rings. The van der Waals surface area contributed by atoms with Crippen molar-refractivity contribution in [3.63, 3.8) is 0 Å². The molecule has 24 heavy (non-hydrogen) atoms. The summed E-state index contributed by atoms with van der Waals surface area (Å²) in [5.41, 5.74) is 3.96. The average Bonchev–Trinajstić information content (AvgIpc) is 2.55. The minimum Gasteiger partial charge on any atom is -0.484 e. The topological polar surface area (TPSA) is 84.5 Å². The molecule has 2 aromatic rings. The second-order valence-corrected chi connectivity index (χ2v) is 7.74. The molecule has 0 heterocycles. The van der Waals surface area contributed by atoms with E-state index < -0.39 is 15.9 Å². The second-order valence-electron chi connectivity index (χ2n) is 5.14. The summed E-state index contributed by atoms with van der Waals surface area (Å²) in [6.45, 7) is 3.40. The molecular formula is C16H17BrN2O4S. The van der Waals surface area contributed by atoms with Crippen LogP contribution in [0.25, 0.3) is 0 Å². The lowest BCUT2D eigenvalue weighted by Gasteiger charge is -2.10. The Kier molecular flexibility index (Phi) is 5.98. The van der Waals surface area contributed by atoms with Gasteiger partial charge in [-0.3, -0.25) is 10.2 Å². The fourth-order valence-electron chi connectivity index (χ4n) is 1.78. The van der Waals surface area contributed by atoms with E-state index in [2.05, 4.69) is 26.2 Å². The molecule has 6 nitrogen and oxygen atoms in total. The van der Waals surface area contributed by atoms with Crippen molar-refractivity contribution in [3.8, 4) is 5.75 Å². The van der Waals surface area contributed by atoms with Gasteiger partial charge in [-0.1, -0.05) is 22.0 Å². The van der Waals surface area contributed by atoms with E-state index in [0.29, 0.717) is 5.75 Å². The first-order valence-corrected chi connectivity index (χ1v) is 9.32. The first-order chi connectivity index (χ1) is 11.3. The largest absolute Gasteiger partial charge is 0.484 e. The predicted octanol–water partition coefficient (Wildman–Crippen LogP) is 2.45. The Morgan fingerprint density at radius 2 is 1.75 bits per heavy atom. The van der Waals surface area contributed by atoms with E-state index >= 15 is 0 Å². The first-order valence-electron chi connectivity index (χ1n) is 7.04. The van der Waals surface area contributed by atoms with Crippen LogP contribution in [0.15, 0.2) is 51.8 Å². The number of halogens is 1. The summed E-state index contributed by atoms with van der Waals surface area (Å²) in [6.07, 6.45) is 0. The smallest absolute Gasteiger partial charge is 0.272 e. The zero-order chi connectivity index (χ0) is 17.7. The average molecular weight is 413 g/mol. The highest BCUT2D eigenvalue weighted by Crippen LogP contribution is 2.16. The van der Waals surface area contributed by atoms with Crippen LogP contribution >= 0.6 is 15.9 Å². The lowest BCUT2D eigenvalue weighted by Crippen LogP contribution is -2.43. The quantitative estimate of drug-likeness (QED) is 0.713. The number of nitrogens with one attached hydrogen (secondary N) is 2. The number of sulfonamides is 1. The number of carbonyl (C=O) groups is 1. The molecule has 0 unspecified atom stereocenters. The Labute approximate surface area is 149 Å². The number of amides is 1. The molecule has 0 radical (unpaired) electrons. The van der Waals surface area contributed by atoms with Crippen LogP contribution in [0.5, 0.6) is 5.75 Å². The molecule has 0 saturated heterocycles. The van der Waals surface area contributed by atoms with Crippen LogP contribution < -0.4 is 15.0 Å². The van der Waals surface area contributed by atoms with Gasteiger partial charge in [-0.2, -0.15) is 0 Å². The summed E-state index contributed by atoms with van der Waals surface area (Å²) in [5, 5.41) is 0. The summed E-state index contributed by atoms with van der Waals surface area (Å²) >= 11 is 3.29. The van der Waals surface area contributed by atoms with Crippen LogP contribution in [0.2, 0.25) is 0 Å². The molecule has 0 aliphatic heterocycles. The van der Waals surface area contributed by atoms with E-state index in [1.807, 2.05) is 13.8 Å². The van der Waals surface area contributed by atoms with Gasteiger partial charge in [-0.25, -0.2) is 8.42 Å². The number of carbonyl (C=O) groups excluding carboxylic acids is 1. The molecule has 0 bridgehead atoms. The number of hydrogen-bond donors (Lipinski definition) is 2. The summed E-state index contributed by atoms with van der Waals surface area (Å²) in [7, 11) is -3.83. The lowest BCUT2D eigenvalue weighted by molar-refractivity contribution is -0.123. The maximum Gasteiger partial charge on any atom is 0.272 e. The number of benzene rings is 2. The number of ether oxygens (including phenoxy) is 1. The summed E-state index contributed by atoms with van der Waals surface area (Å²) < 4.78 is 30.4. The third-order valence-corrected chi connectivity index (χ3v) is 5.07. The minimum absolute atomic E-state index is 0.0831. The van der Waals surface area contributed by atoms with Crippen molar-refractivity contribution < 1.29 is 17.9 Å². The number of aryl methyl sites for hydroxylation is 2. The second kappa shape index (κ2) is 7.78. The van der Waals surface area contributed by atoms with E-state index in [9.17, 15) is 13.2 Å². The van der Waals surface area contributed by atoms with Crippen LogP contribution in [0.1, 0.15) is 11.1 Å². The van der Waals surface area contributed by atoms with Gasteiger partial charge in [-0.05, 0) is 61.4 Å². The highest BCUT2D eigenvalue weighted by molar-refractivity contribution is 9.10. The minimum atomic E-state index is -3.83. The first kappa shape index (κ1) is 18.4. The maximum absolute atomic E-state index is 12.1. The molecule has 2 N–H and O–H groups in total. The monoisotopic (exact) mass is 412 g/mol. The Hall–Kier alpha value is -1.90. The predicted molar refractivity (Wildman–Crippen MR) is 94.0 cm³/mol. The van der Waals surface area contributed by atoms with Crippen molar-refractivity contribution in [2.45, 2.75) is 18.7 Å². The van der Waals surface area contributed by atoms with Crippen LogP contribution in [0.4, 0.5) is 0 Å². The fraction of sp³-hybridized carbons (Fsp3) is 0.188. The Morgan fingerprint density at radius 3 is 2.38 bits per heavy atom. The SMILES string of the molecule is Cc1ccc(S(=O)(=O)NNC(=O)COc2ccc(Br)cc2)cc1C. The van der Waals surface area contributed by atoms with Gasteiger partial charge in [0.1, 0.15) is 5.75 Å². The Balaban J connectivity index is 1.90. The van der Waals surface area contributed by atoms with Crippen molar-refractivity contribution >= 4 is 31.9 Å². The third kappa shape index (κ3) is 5.05. The van der Waals surface area contributed by atoms with Gasteiger partial charge < -0.3 is 4.74 Å². The Bertz CT molecular complexity index is 836. The highest BCUT2D eigenvalue weighted by Gasteiger charge is 2.15. The summed E-state index contributed by atoms with van der Waals surface area (Å²) in [5.74, 6) is -0.101. The molecule has 1 amide bonds. The van der Waals surface area contributed by atoms with E-state index in [1.165, 1.54) is 6.07 Å². The summed E-state index contributed by atoms with van der Waals surface area (Å²) in [6, 6.07) is 11.7. The van der Waals surface area contributed by atoms with Crippen molar-refractivity contribution in [2.24, 2.45) is 0 Å². The number of hydrazine groups is 1. The molecule has 2 rings (SSSR count).